The van der Waals surface area contributed by atoms with E-state index in [4.69, 9.17) is 4.55 Å². The van der Waals surface area contributed by atoms with E-state index in [-0.39, 0.29) is 6.15 Å². The highest BCUT2D eigenvalue weighted by molar-refractivity contribution is 7.85. The van der Waals surface area contributed by atoms with Gasteiger partial charge in [0.2, 0.25) is 0 Å². The van der Waals surface area contributed by atoms with Crippen LogP contribution in [0.1, 0.15) is 0 Å². The molecule has 0 rings (SSSR count). The van der Waals surface area contributed by atoms with Crippen LogP contribution in [0.15, 0.2) is 0 Å². The molecular weight excluding hydrogens is 120 g/mol. The zero-order chi connectivity index (χ0) is 5.21. The van der Waals surface area contributed by atoms with Crippen LogP contribution >= 0.6 is 0 Å². The topological polar surface area (TPSA) is 115 Å². The van der Waals surface area contributed by atoms with Crippen LogP contribution in [0.3, 0.4) is 0 Å². The molecule has 0 atom stereocenters. The van der Waals surface area contributed by atoms with E-state index in [0.717, 1.165) is 0 Å². The quantitative estimate of drug-likeness (QED) is 0.390. The van der Waals surface area contributed by atoms with Gasteiger partial charge in [0.15, 0.2) is 0 Å². The molecule has 6 N–H and O–H groups in total. The second-order valence-corrected chi connectivity index (χ2v) is 2.25. The second kappa shape index (κ2) is 2.92. The molecule has 0 aliphatic rings. The van der Waals surface area contributed by atoms with E-state index in [2.05, 4.69) is 5.73 Å². The summed E-state index contributed by atoms with van der Waals surface area (Å²) in [5.41, 5.74) is 4.47. The van der Waals surface area contributed by atoms with Crippen molar-refractivity contribution in [1.29, 1.82) is 0 Å². The summed E-state index contributed by atoms with van der Waals surface area (Å²) in [5.74, 6) is -0.701. The predicted molar refractivity (Wildman–Crippen MR) is 25.6 cm³/mol. The zero-order valence-electron chi connectivity index (χ0n) is 3.66. The summed E-state index contributed by atoms with van der Waals surface area (Å²) in [6, 6.07) is 0. The molecule has 0 aliphatic heterocycles. The van der Waals surface area contributed by atoms with E-state index in [1.807, 2.05) is 0 Å². The maximum Gasteiger partial charge on any atom is 0.277 e. The van der Waals surface area contributed by atoms with Crippen LogP contribution in [0.4, 0.5) is 0 Å². The third-order valence-electron chi connectivity index (χ3n) is 0.211. The van der Waals surface area contributed by atoms with Crippen LogP contribution in [-0.4, -0.2) is 18.8 Å². The van der Waals surface area contributed by atoms with Crippen molar-refractivity contribution in [3.05, 3.63) is 0 Å². The lowest BCUT2D eigenvalue weighted by atomic mass is 11.6. The lowest BCUT2D eigenvalue weighted by molar-refractivity contribution is 0.483. The second-order valence-electron chi connectivity index (χ2n) is 0.749. The molecule has 0 bridgehead atoms. The Bertz CT molecular complexity index is 115. The zero-order valence-corrected chi connectivity index (χ0v) is 4.48. The molecule has 0 heterocycles. The Kier molecular flexibility index (Phi) is 4.14. The molecule has 0 amide bonds. The van der Waals surface area contributed by atoms with Gasteiger partial charge in [-0.25, -0.2) is 0 Å². The Morgan fingerprint density at radius 1 is 1.57 bits per heavy atom. The van der Waals surface area contributed by atoms with Gasteiger partial charge in [0.05, 0.1) is 0 Å². The van der Waals surface area contributed by atoms with Crippen LogP contribution < -0.4 is 11.9 Å². The number of hydrogen-bond donors (Lipinski definition) is 3. The first-order valence-electron chi connectivity index (χ1n) is 1.21. The summed E-state index contributed by atoms with van der Waals surface area (Å²) >= 11 is 0. The maximum atomic E-state index is 9.43. The van der Waals surface area contributed by atoms with E-state index in [1.165, 1.54) is 0 Å². The van der Waals surface area contributed by atoms with Gasteiger partial charge in [-0.1, -0.05) is 0 Å². The van der Waals surface area contributed by atoms with Gasteiger partial charge in [-0.15, -0.1) is 0 Å². The largest absolute Gasteiger partial charge is 0.344 e. The van der Waals surface area contributed by atoms with Crippen LogP contribution in [0, 0.1) is 0 Å². The fraction of sp³-hybridized carbons (Fsp3) is 1.00. The molecule has 0 unspecified atom stereocenters. The van der Waals surface area contributed by atoms with E-state index < -0.39 is 16.0 Å². The number of hydrogen-bond acceptors (Lipinski definition) is 4. The molecule has 0 fully saturated rings. The average Bonchev–Trinajstić information content (AvgIpc) is 1.35. The van der Waals surface area contributed by atoms with Crippen LogP contribution in [0.2, 0.25) is 0 Å². The Morgan fingerprint density at radius 3 is 1.71 bits per heavy atom. The fourth-order valence-corrected chi connectivity index (χ4v) is 0. The smallest absolute Gasteiger partial charge is 0.277 e. The number of rotatable bonds is 1. The highest BCUT2D eigenvalue weighted by Crippen LogP contribution is 1.67. The molecule has 0 aromatic carbocycles. The molecule has 0 saturated carbocycles. The molecule has 46 valence electrons. The van der Waals surface area contributed by atoms with E-state index in [9.17, 15) is 8.42 Å². The summed E-state index contributed by atoms with van der Waals surface area (Å²) in [5, 5.41) is 0. The van der Waals surface area contributed by atoms with Crippen molar-refractivity contribution in [1.82, 2.24) is 6.15 Å². The van der Waals surface area contributed by atoms with Gasteiger partial charge in [0, 0.05) is 0 Å². The summed E-state index contributed by atoms with van der Waals surface area (Å²) < 4.78 is 26.5. The highest BCUT2D eigenvalue weighted by atomic mass is 32.2. The predicted octanol–water partition coefficient (Wildman–Crippen LogP) is -1.05. The SMILES string of the molecule is N.NCS(=O)(=O)O. The molecule has 0 aliphatic carbocycles. The van der Waals surface area contributed by atoms with Crippen LogP contribution in [-0.2, 0) is 10.1 Å². The summed E-state index contributed by atoms with van der Waals surface area (Å²) in [7, 11) is -3.88. The molecule has 7 heavy (non-hydrogen) atoms. The molecule has 5 nitrogen and oxygen atoms in total. The average molecular weight is 128 g/mol. The van der Waals surface area contributed by atoms with Crippen molar-refractivity contribution in [2.75, 3.05) is 5.88 Å². The molecule has 0 aromatic rings. The Labute approximate surface area is 41.8 Å². The lowest BCUT2D eigenvalue weighted by Gasteiger charge is -1.80. The minimum absolute atomic E-state index is 0. The Hall–Kier alpha value is -0.170. The summed E-state index contributed by atoms with van der Waals surface area (Å²) in [6.45, 7) is 0. The van der Waals surface area contributed by atoms with Crippen molar-refractivity contribution in [2.45, 2.75) is 0 Å². The maximum absolute atomic E-state index is 9.43. The molecule has 0 aromatic heterocycles. The van der Waals surface area contributed by atoms with Crippen LogP contribution in [0.25, 0.3) is 0 Å². The standard InChI is InChI=1S/CH5NO3S.H3N/c2-1-6(3,4)5;/h1-2H2,(H,3,4,5);1H3. The van der Waals surface area contributed by atoms with Gasteiger partial charge in [-0.3, -0.25) is 4.55 Å². The highest BCUT2D eigenvalue weighted by Gasteiger charge is 1.93. The third kappa shape index (κ3) is 10.7. The van der Waals surface area contributed by atoms with Gasteiger partial charge in [0.25, 0.3) is 10.1 Å². The summed E-state index contributed by atoms with van der Waals surface area (Å²) in [4.78, 5) is 0. The van der Waals surface area contributed by atoms with Crippen LogP contribution in [0.5, 0.6) is 0 Å². The van der Waals surface area contributed by atoms with Crippen molar-refractivity contribution in [3.8, 4) is 0 Å². The first-order chi connectivity index (χ1) is 2.56. The Balaban J connectivity index is 0. The van der Waals surface area contributed by atoms with E-state index in [1.54, 1.807) is 0 Å². The minimum atomic E-state index is -3.88. The summed E-state index contributed by atoms with van der Waals surface area (Å²) in [6.07, 6.45) is 0. The third-order valence-corrected chi connectivity index (χ3v) is 0.632. The van der Waals surface area contributed by atoms with E-state index >= 15 is 0 Å². The van der Waals surface area contributed by atoms with Gasteiger partial charge >= 0.3 is 0 Å². The first kappa shape index (κ1) is 9.95. The monoisotopic (exact) mass is 128 g/mol. The van der Waals surface area contributed by atoms with Gasteiger partial charge < -0.3 is 11.9 Å². The van der Waals surface area contributed by atoms with Gasteiger partial charge in [0.1, 0.15) is 5.88 Å². The molecular formula is CH8N2O3S. The molecule has 0 saturated heterocycles. The normalized spacial score (nSPS) is 10.0. The Morgan fingerprint density at radius 2 is 1.71 bits per heavy atom. The first-order valence-corrected chi connectivity index (χ1v) is 2.82. The van der Waals surface area contributed by atoms with Gasteiger partial charge in [-0.2, -0.15) is 8.42 Å². The molecule has 0 spiro atoms. The molecule has 0 radical (unpaired) electrons. The number of nitrogens with two attached hydrogens (primary N) is 1. The van der Waals surface area contributed by atoms with Gasteiger partial charge in [-0.05, 0) is 0 Å². The van der Waals surface area contributed by atoms with Crippen molar-refractivity contribution in [2.24, 2.45) is 5.73 Å². The van der Waals surface area contributed by atoms with E-state index in [0.29, 0.717) is 0 Å². The lowest BCUT2D eigenvalue weighted by Crippen LogP contribution is -2.11. The molecule has 6 heteroatoms. The van der Waals surface area contributed by atoms with Crippen molar-refractivity contribution in [3.63, 3.8) is 0 Å². The van der Waals surface area contributed by atoms with Crippen molar-refractivity contribution < 1.29 is 13.0 Å². The minimum Gasteiger partial charge on any atom is -0.344 e. The van der Waals surface area contributed by atoms with Crippen molar-refractivity contribution >= 4 is 10.1 Å². The fourth-order valence-electron chi connectivity index (χ4n) is 0.